The molecule has 0 saturated carbocycles. The Balaban J connectivity index is 0.794. The van der Waals surface area contributed by atoms with Crippen molar-refractivity contribution in [1.29, 1.82) is 0 Å². The second-order valence-corrected chi connectivity index (χ2v) is 16.5. The molecule has 0 aromatic heterocycles. The van der Waals surface area contributed by atoms with Crippen molar-refractivity contribution in [2.24, 2.45) is 5.92 Å². The number of amides is 3. The molecule has 9 heteroatoms. The van der Waals surface area contributed by atoms with Gasteiger partial charge in [-0.2, -0.15) is 0 Å². The summed E-state index contributed by atoms with van der Waals surface area (Å²) in [6, 6.07) is 20.8. The Labute approximate surface area is 324 Å². The monoisotopic (exact) mass is 739 g/mol. The lowest BCUT2D eigenvalue weighted by molar-refractivity contribution is -0.136. The number of piperidine rings is 2. The number of nitrogens with one attached hydrogen (secondary N) is 1. The standard InChI is InChI=1S/C46H53N5O4/c52-38-14-16-40-34(28-38)7-4-8-39(32-5-2-1-3-6-32)44(40)33-9-11-36(12-10-33)49-21-19-31(20-22-49)29-48-23-25-50(26-24-48)37-13-15-41-35(27-37)30-51(46(41)55)42-17-18-43(53)47-45(42)54/h5,9-16,27-28,31,42,52H,1-4,6-8,17-26,29-30H2,(H,47,53,54)/t42-/m0/s1. The summed E-state index contributed by atoms with van der Waals surface area (Å²) in [4.78, 5) is 46.5. The number of rotatable bonds is 7. The SMILES string of the molecule is O=C1CC[C@H](N2Cc3cc(N4CCN(CC5CCN(c6ccc(C7=C(C8=CCCCC8)CCCc8cc(O)ccc87)cc6)CC5)CC4)ccc3C2=O)C(=O)N1. The van der Waals surface area contributed by atoms with Crippen LogP contribution in [0.15, 0.2) is 77.9 Å². The number of carbonyl (C=O) groups excluding carboxylic acids is 3. The van der Waals surface area contributed by atoms with Crippen molar-refractivity contribution in [3.63, 3.8) is 0 Å². The first kappa shape index (κ1) is 35.8. The van der Waals surface area contributed by atoms with Crippen LogP contribution >= 0.6 is 0 Å². The minimum Gasteiger partial charge on any atom is -0.508 e. The van der Waals surface area contributed by atoms with E-state index in [1.807, 2.05) is 24.3 Å². The average Bonchev–Trinajstić information content (AvgIpc) is 3.41. The molecular weight excluding hydrogens is 687 g/mol. The number of phenols is 1. The fourth-order valence-corrected chi connectivity index (χ4v) is 10.1. The zero-order valence-corrected chi connectivity index (χ0v) is 31.9. The number of benzene rings is 3. The molecule has 9 nitrogen and oxygen atoms in total. The van der Waals surface area contributed by atoms with Crippen molar-refractivity contribution >= 4 is 34.7 Å². The fourth-order valence-electron chi connectivity index (χ4n) is 10.1. The second kappa shape index (κ2) is 15.3. The molecule has 6 aliphatic rings. The molecule has 3 aromatic rings. The van der Waals surface area contributed by atoms with Crippen molar-refractivity contribution in [2.45, 2.75) is 83.2 Å². The van der Waals surface area contributed by atoms with E-state index < -0.39 is 6.04 Å². The van der Waals surface area contributed by atoms with Crippen molar-refractivity contribution < 1.29 is 19.5 Å². The van der Waals surface area contributed by atoms with E-state index in [-0.39, 0.29) is 24.1 Å². The van der Waals surface area contributed by atoms with Gasteiger partial charge in [0.2, 0.25) is 11.8 Å². The van der Waals surface area contributed by atoms with Crippen LogP contribution in [-0.4, -0.2) is 84.5 Å². The van der Waals surface area contributed by atoms with Crippen molar-refractivity contribution in [3.05, 3.63) is 106 Å². The number of carbonyl (C=O) groups is 3. The number of hydrogen-bond acceptors (Lipinski definition) is 7. The maximum Gasteiger partial charge on any atom is 0.255 e. The molecule has 3 fully saturated rings. The lowest BCUT2D eigenvalue weighted by Gasteiger charge is -2.40. The Hall–Kier alpha value is -4.89. The van der Waals surface area contributed by atoms with Crippen molar-refractivity contribution in [3.8, 4) is 5.75 Å². The number of nitrogens with zero attached hydrogens (tertiary/aromatic N) is 4. The van der Waals surface area contributed by atoms with Gasteiger partial charge in [-0.25, -0.2) is 0 Å². The van der Waals surface area contributed by atoms with E-state index in [1.165, 1.54) is 77.6 Å². The summed E-state index contributed by atoms with van der Waals surface area (Å²) in [5.41, 5.74) is 12.3. The molecule has 4 heterocycles. The molecule has 1 atom stereocenters. The van der Waals surface area contributed by atoms with Gasteiger partial charge in [-0.3, -0.25) is 24.6 Å². The Morgan fingerprint density at radius 3 is 2.22 bits per heavy atom. The number of hydrogen-bond donors (Lipinski definition) is 2. The Morgan fingerprint density at radius 2 is 1.45 bits per heavy atom. The van der Waals surface area contributed by atoms with Crippen LogP contribution in [0.2, 0.25) is 0 Å². The third-order valence-corrected chi connectivity index (χ3v) is 13.1. The van der Waals surface area contributed by atoms with Gasteiger partial charge in [0, 0.05) is 75.7 Å². The summed E-state index contributed by atoms with van der Waals surface area (Å²) >= 11 is 0. The summed E-state index contributed by atoms with van der Waals surface area (Å²) < 4.78 is 0. The van der Waals surface area contributed by atoms with Crippen molar-refractivity contribution in [2.75, 3.05) is 55.6 Å². The maximum atomic E-state index is 13.2. The van der Waals surface area contributed by atoms with Crippen LogP contribution in [0.25, 0.3) is 5.57 Å². The van der Waals surface area contributed by atoms with E-state index in [1.54, 1.807) is 4.90 Å². The Bertz CT molecular complexity index is 2040. The van der Waals surface area contributed by atoms with E-state index in [4.69, 9.17) is 0 Å². The van der Waals surface area contributed by atoms with Gasteiger partial charge in [0.15, 0.2) is 0 Å². The largest absolute Gasteiger partial charge is 0.508 e. The number of imide groups is 1. The van der Waals surface area contributed by atoms with Gasteiger partial charge in [-0.1, -0.05) is 24.3 Å². The molecule has 0 radical (unpaired) electrons. The number of fused-ring (bicyclic) bond motifs is 2. The highest BCUT2D eigenvalue weighted by Gasteiger charge is 2.39. The van der Waals surface area contributed by atoms with E-state index in [9.17, 15) is 19.5 Å². The molecule has 9 rings (SSSR count). The molecule has 0 unspecified atom stereocenters. The number of phenolic OH excluding ortho intramolecular Hbond substituents is 1. The van der Waals surface area contributed by atoms with E-state index in [2.05, 4.69) is 62.5 Å². The normalized spacial score (nSPS) is 22.7. The molecule has 0 bridgehead atoms. The summed E-state index contributed by atoms with van der Waals surface area (Å²) in [6.45, 7) is 7.67. The maximum absolute atomic E-state index is 13.2. The molecule has 286 valence electrons. The van der Waals surface area contributed by atoms with Gasteiger partial charge in [-0.15, -0.1) is 0 Å². The summed E-state index contributed by atoms with van der Waals surface area (Å²) in [7, 11) is 0. The van der Waals surface area contributed by atoms with Gasteiger partial charge in [0.25, 0.3) is 5.91 Å². The van der Waals surface area contributed by atoms with Gasteiger partial charge in [0.05, 0.1) is 0 Å². The predicted molar refractivity (Wildman–Crippen MR) is 216 cm³/mol. The molecule has 3 aromatic carbocycles. The van der Waals surface area contributed by atoms with Gasteiger partial charge in [0.1, 0.15) is 11.8 Å². The lowest BCUT2D eigenvalue weighted by atomic mass is 9.84. The molecule has 3 amide bonds. The predicted octanol–water partition coefficient (Wildman–Crippen LogP) is 6.83. The van der Waals surface area contributed by atoms with E-state index >= 15 is 0 Å². The lowest BCUT2D eigenvalue weighted by Crippen LogP contribution is -2.52. The third-order valence-electron chi connectivity index (χ3n) is 13.1. The highest BCUT2D eigenvalue weighted by atomic mass is 16.3. The molecule has 4 aliphatic heterocycles. The van der Waals surface area contributed by atoms with Crippen LogP contribution in [0.3, 0.4) is 0 Å². The van der Waals surface area contributed by atoms with Crippen LogP contribution < -0.4 is 15.1 Å². The Morgan fingerprint density at radius 1 is 0.691 bits per heavy atom. The zero-order chi connectivity index (χ0) is 37.5. The number of anilines is 2. The number of allylic oxidation sites excluding steroid dienone is 3. The third kappa shape index (κ3) is 7.31. The molecule has 3 saturated heterocycles. The zero-order valence-electron chi connectivity index (χ0n) is 31.9. The van der Waals surface area contributed by atoms with Crippen LogP contribution in [0, 0.1) is 5.92 Å². The minimum absolute atomic E-state index is 0.119. The van der Waals surface area contributed by atoms with E-state index in [0.717, 1.165) is 76.3 Å². The first-order valence-electron chi connectivity index (χ1n) is 20.7. The molecule has 2 N–H and O–H groups in total. The first-order valence-corrected chi connectivity index (χ1v) is 20.7. The number of aryl methyl sites for hydroxylation is 1. The molecule has 2 aliphatic carbocycles. The second-order valence-electron chi connectivity index (χ2n) is 16.5. The highest BCUT2D eigenvalue weighted by molar-refractivity contribution is 6.05. The summed E-state index contributed by atoms with van der Waals surface area (Å²) in [5, 5.41) is 12.7. The minimum atomic E-state index is -0.584. The topological polar surface area (TPSA) is 96.4 Å². The van der Waals surface area contributed by atoms with Crippen LogP contribution in [-0.2, 0) is 22.6 Å². The van der Waals surface area contributed by atoms with Crippen LogP contribution in [0.1, 0.15) is 96.8 Å². The number of piperazine rings is 1. The molecule has 0 spiro atoms. The van der Waals surface area contributed by atoms with Gasteiger partial charge in [-0.05, 0) is 152 Å². The average molecular weight is 740 g/mol. The smallest absolute Gasteiger partial charge is 0.255 e. The van der Waals surface area contributed by atoms with Crippen LogP contribution in [0.4, 0.5) is 11.4 Å². The van der Waals surface area contributed by atoms with Crippen LogP contribution in [0.5, 0.6) is 5.75 Å². The fraction of sp³-hybridized carbons (Fsp3) is 0.457. The quantitative estimate of drug-likeness (QED) is 0.257. The summed E-state index contributed by atoms with van der Waals surface area (Å²) in [6.07, 6.45) is 13.6. The first-order chi connectivity index (χ1) is 26.9. The summed E-state index contributed by atoms with van der Waals surface area (Å²) in [5.74, 6) is 0.303. The Kier molecular flexibility index (Phi) is 9.98. The molecular formula is C46H53N5O4. The van der Waals surface area contributed by atoms with Gasteiger partial charge < -0.3 is 19.8 Å². The van der Waals surface area contributed by atoms with E-state index in [0.29, 0.717) is 30.2 Å². The van der Waals surface area contributed by atoms with Crippen molar-refractivity contribution in [1.82, 2.24) is 15.1 Å². The van der Waals surface area contributed by atoms with Gasteiger partial charge >= 0.3 is 0 Å². The highest BCUT2D eigenvalue weighted by Crippen LogP contribution is 2.42. The number of aromatic hydroxyl groups is 1. The molecule has 55 heavy (non-hydrogen) atoms.